The van der Waals surface area contributed by atoms with Crippen LogP contribution < -0.4 is 48.7 Å². The number of benzene rings is 3. The topological polar surface area (TPSA) is 266 Å². The molecule has 3 heterocycles. The summed E-state index contributed by atoms with van der Waals surface area (Å²) in [5.74, 6) is -2.35. The van der Waals surface area contributed by atoms with Crippen LogP contribution in [0.25, 0.3) is 0 Å². The number of amidine groups is 1. The molecule has 4 unspecified atom stereocenters. The molecule has 1 aliphatic carbocycles. The molecule has 414 valence electrons. The van der Waals surface area contributed by atoms with Crippen molar-refractivity contribution in [2.24, 2.45) is 5.73 Å². The molecular weight excluding hydrogens is 999 g/mol. The molecule has 0 aromatic heterocycles. The molecule has 19 nitrogen and oxygen atoms in total. The average Bonchev–Trinajstić information content (AvgIpc) is 3.56. The maximum atomic E-state index is 14.0. The number of nitrogen functional groups attached to an aromatic ring is 1. The van der Waals surface area contributed by atoms with Gasteiger partial charge < -0.3 is 57.4 Å². The van der Waals surface area contributed by atoms with Crippen LogP contribution in [0.15, 0.2) is 78.0 Å². The number of aliphatic hydroxyl groups is 1. The van der Waals surface area contributed by atoms with Gasteiger partial charge in [0.25, 0.3) is 5.91 Å². The zero-order valence-corrected chi connectivity index (χ0v) is 45.0. The molecule has 0 bridgehead atoms. The lowest BCUT2D eigenvalue weighted by Crippen LogP contribution is -2.57. The van der Waals surface area contributed by atoms with Gasteiger partial charge in [-0.25, -0.2) is 8.78 Å². The van der Waals surface area contributed by atoms with Crippen molar-refractivity contribution in [3.8, 4) is 0 Å². The Morgan fingerprint density at radius 2 is 1.63 bits per heavy atom. The lowest BCUT2D eigenvalue weighted by molar-refractivity contribution is -0.123. The Labute approximate surface area is 448 Å². The van der Waals surface area contributed by atoms with Crippen molar-refractivity contribution in [3.63, 3.8) is 0 Å². The van der Waals surface area contributed by atoms with Crippen molar-refractivity contribution in [3.05, 3.63) is 112 Å². The predicted octanol–water partition coefficient (Wildman–Crippen LogP) is 3.81. The van der Waals surface area contributed by atoms with Crippen LogP contribution >= 0.6 is 11.8 Å². The summed E-state index contributed by atoms with van der Waals surface area (Å²) in [6, 6.07) is 13.8. The monoisotopic (exact) mass is 1070 g/mol. The minimum atomic E-state index is -1.08. The molecule has 76 heavy (non-hydrogen) atoms. The molecule has 4 atom stereocenters. The number of nitrogens with two attached hydrogens (primary N) is 2. The van der Waals surface area contributed by atoms with E-state index in [0.717, 1.165) is 24.6 Å². The number of rotatable bonds is 23. The Balaban J connectivity index is 0.804. The van der Waals surface area contributed by atoms with Gasteiger partial charge in [-0.3, -0.25) is 40.2 Å². The number of ether oxygens (including phenoxy) is 3. The van der Waals surface area contributed by atoms with E-state index in [9.17, 15) is 28.3 Å². The third kappa shape index (κ3) is 16.3. The van der Waals surface area contributed by atoms with E-state index in [1.807, 2.05) is 32.9 Å². The number of amides is 3. The largest absolute Gasteiger partial charge is 0.398 e. The molecule has 3 aromatic rings. The predicted molar refractivity (Wildman–Crippen MR) is 292 cm³/mol. The van der Waals surface area contributed by atoms with E-state index in [4.69, 9.17) is 31.1 Å². The summed E-state index contributed by atoms with van der Waals surface area (Å²) in [5, 5.41) is 41.9. The van der Waals surface area contributed by atoms with Gasteiger partial charge in [-0.2, -0.15) is 0 Å². The van der Waals surface area contributed by atoms with E-state index in [-0.39, 0.29) is 53.3 Å². The SMILES string of the molecule is CC(=O)Nc1cc(NCCOCCOCCNC(=O)CN2CCN(C3(C)C=C(NC4CCOCC4)C(C(=O)NC(=N)c4cc(Cc5cc(F)cc(F)c5)ccc4N)=CC3)CC2)ccc1C(O)NC1(C)NC(C)(C)C(N)S1. The van der Waals surface area contributed by atoms with Gasteiger partial charge in [-0.15, -0.1) is 11.8 Å². The summed E-state index contributed by atoms with van der Waals surface area (Å²) in [7, 11) is 0. The van der Waals surface area contributed by atoms with Crippen molar-refractivity contribution < 1.29 is 42.5 Å². The molecule has 7 rings (SSSR count). The highest BCUT2D eigenvalue weighted by Gasteiger charge is 2.47. The summed E-state index contributed by atoms with van der Waals surface area (Å²) >= 11 is 1.49. The number of carbonyl (C=O) groups excluding carboxylic acids is 3. The fourth-order valence-corrected chi connectivity index (χ4v) is 11.2. The molecule has 3 aliphatic heterocycles. The number of nitrogens with zero attached hydrogens (tertiary/aromatic N) is 2. The summed E-state index contributed by atoms with van der Waals surface area (Å²) < 4.78 is 44.8. The summed E-state index contributed by atoms with van der Waals surface area (Å²) in [6.07, 6.45) is 5.25. The van der Waals surface area contributed by atoms with Gasteiger partial charge in [0.05, 0.1) is 43.9 Å². The summed E-state index contributed by atoms with van der Waals surface area (Å²) in [5.41, 5.74) is 16.3. The maximum absolute atomic E-state index is 14.0. The Bertz CT molecular complexity index is 2590. The standard InChI is InChI=1S/C54H76F2N12O7S/c1-34(69)62-45-31-40(7-8-41(45)50(72)65-54(5)66-52(2,3)51(59)76-54)60-14-22-74-24-25-75-23-15-61-47(70)33-67-16-18-68(19-17-67)53(4)13-10-42(46(32-53)63-39-11-20-73-21-12-39)49(71)64-48(58)43-29-35(6-9-44(43)57)26-36-27-37(55)30-38(56)28-36/h6-10,27-32,39,50-51,60,63,65-66,72H,11-26,33,57,59H2,1-5H3,(H,61,70)(H,62,69)(H2,58,64,71). The highest BCUT2D eigenvalue weighted by Crippen LogP contribution is 2.39. The van der Waals surface area contributed by atoms with Gasteiger partial charge >= 0.3 is 0 Å². The van der Waals surface area contributed by atoms with Crippen LogP contribution in [0.3, 0.4) is 0 Å². The second kappa shape index (κ2) is 26.2. The Kier molecular flexibility index (Phi) is 20.1. The van der Waals surface area contributed by atoms with Gasteiger partial charge in [0.2, 0.25) is 11.8 Å². The molecule has 3 amide bonds. The first-order valence-corrected chi connectivity index (χ1v) is 26.8. The Morgan fingerprint density at radius 3 is 2.30 bits per heavy atom. The number of aliphatic hydroxyl groups excluding tert-OH is 1. The zero-order valence-electron chi connectivity index (χ0n) is 44.2. The Hall–Kier alpha value is -5.53. The van der Waals surface area contributed by atoms with Gasteiger partial charge in [-0.1, -0.05) is 18.2 Å². The number of thioether (sulfide) groups is 1. The molecule has 3 aromatic carbocycles. The smallest absolute Gasteiger partial charge is 0.258 e. The van der Waals surface area contributed by atoms with E-state index < -0.39 is 34.3 Å². The molecular formula is C54H76F2N12O7S. The molecule has 13 N–H and O–H groups in total. The number of hydrogen-bond donors (Lipinski definition) is 11. The molecule has 3 saturated heterocycles. The second-order valence-electron chi connectivity index (χ2n) is 20.7. The van der Waals surface area contributed by atoms with Gasteiger partial charge in [0.1, 0.15) is 28.7 Å². The van der Waals surface area contributed by atoms with Crippen molar-refractivity contribution in [1.29, 1.82) is 5.41 Å². The first kappa shape index (κ1) is 58.2. The number of anilines is 3. The van der Waals surface area contributed by atoms with Crippen molar-refractivity contribution >= 4 is 52.4 Å². The van der Waals surface area contributed by atoms with E-state index in [2.05, 4.69) is 60.0 Å². The number of hydrogen-bond acceptors (Lipinski definition) is 17. The molecule has 0 spiro atoms. The summed E-state index contributed by atoms with van der Waals surface area (Å²) in [6.45, 7) is 16.1. The quantitative estimate of drug-likeness (QED) is 0.0212. The van der Waals surface area contributed by atoms with Gasteiger partial charge in [-0.05, 0) is 107 Å². The maximum Gasteiger partial charge on any atom is 0.258 e. The van der Waals surface area contributed by atoms with Crippen molar-refractivity contribution in [2.45, 2.75) is 94.0 Å². The molecule has 0 saturated carbocycles. The lowest BCUT2D eigenvalue weighted by atomic mass is 9.85. The van der Waals surface area contributed by atoms with Crippen molar-refractivity contribution in [2.75, 3.05) is 102 Å². The molecule has 4 aliphatic rings. The fraction of sp³-hybridized carbons (Fsp3) is 0.519. The normalized spacial score (nSPS) is 22.5. The van der Waals surface area contributed by atoms with E-state index in [0.29, 0.717) is 125 Å². The van der Waals surface area contributed by atoms with Crippen molar-refractivity contribution in [1.82, 2.24) is 36.4 Å². The first-order valence-electron chi connectivity index (χ1n) is 25.9. The van der Waals surface area contributed by atoms with Crippen LogP contribution in [0.1, 0.15) is 82.4 Å². The van der Waals surface area contributed by atoms with E-state index in [1.165, 1.54) is 30.8 Å². The van der Waals surface area contributed by atoms with E-state index >= 15 is 0 Å². The number of halogens is 2. The van der Waals surface area contributed by atoms with Crippen LogP contribution in [-0.2, 0) is 35.0 Å². The number of piperazine rings is 1. The Morgan fingerprint density at radius 1 is 0.934 bits per heavy atom. The third-order valence-electron chi connectivity index (χ3n) is 13.9. The van der Waals surface area contributed by atoms with Crippen LogP contribution in [-0.4, -0.2) is 151 Å². The minimum Gasteiger partial charge on any atom is -0.398 e. The van der Waals surface area contributed by atoms with Crippen LogP contribution in [0.2, 0.25) is 0 Å². The average molecular weight is 1080 g/mol. The number of carbonyl (C=O) groups is 3. The third-order valence-corrected chi connectivity index (χ3v) is 15.5. The second-order valence-corrected chi connectivity index (χ2v) is 22.2. The zero-order chi connectivity index (χ0) is 54.6. The van der Waals surface area contributed by atoms with Crippen LogP contribution in [0.4, 0.5) is 25.8 Å². The van der Waals surface area contributed by atoms with E-state index in [1.54, 1.807) is 30.3 Å². The van der Waals surface area contributed by atoms with Gasteiger partial charge in [0.15, 0.2) is 0 Å². The number of nitrogens with one attached hydrogen (secondary N) is 8. The lowest BCUT2D eigenvalue weighted by Gasteiger charge is -2.46. The fourth-order valence-electron chi connectivity index (χ4n) is 9.87. The highest BCUT2D eigenvalue weighted by molar-refractivity contribution is 8.01. The van der Waals surface area contributed by atoms with Gasteiger partial charge in [0, 0.05) is 116 Å². The van der Waals surface area contributed by atoms with Crippen LogP contribution in [0, 0.1) is 17.0 Å². The minimum absolute atomic E-state index is 0.0842. The molecule has 0 radical (unpaired) electrons. The van der Waals surface area contributed by atoms with Crippen LogP contribution in [0.5, 0.6) is 0 Å². The first-order chi connectivity index (χ1) is 36.2. The highest BCUT2D eigenvalue weighted by atomic mass is 32.2. The molecule has 3 fully saturated rings. The molecule has 22 heteroatoms. The summed E-state index contributed by atoms with van der Waals surface area (Å²) in [4.78, 5) is 42.8.